The van der Waals surface area contributed by atoms with E-state index in [4.69, 9.17) is 17.3 Å². The van der Waals surface area contributed by atoms with Crippen molar-refractivity contribution >= 4 is 29.2 Å². The van der Waals surface area contributed by atoms with Crippen molar-refractivity contribution in [2.24, 2.45) is 10.7 Å². The molecule has 152 valence electrons. The molecule has 2 aromatic rings. The van der Waals surface area contributed by atoms with Gasteiger partial charge in [-0.3, -0.25) is 9.79 Å². The Labute approximate surface area is 176 Å². The maximum atomic E-state index is 11.6. The first kappa shape index (κ1) is 21.0. The first-order chi connectivity index (χ1) is 13.8. The van der Waals surface area contributed by atoms with Gasteiger partial charge in [0.1, 0.15) is 0 Å². The van der Waals surface area contributed by atoms with Crippen LogP contribution in [0.1, 0.15) is 43.5 Å². The zero-order valence-electron chi connectivity index (χ0n) is 16.9. The molecule has 0 radical (unpaired) electrons. The van der Waals surface area contributed by atoms with Gasteiger partial charge in [0.05, 0.1) is 34.9 Å². The lowest BCUT2D eigenvalue weighted by Gasteiger charge is -2.28. The van der Waals surface area contributed by atoms with Crippen molar-refractivity contribution in [2.75, 3.05) is 11.9 Å². The van der Waals surface area contributed by atoms with E-state index in [1.54, 1.807) is 6.20 Å². The summed E-state index contributed by atoms with van der Waals surface area (Å²) in [6.45, 7) is 6.47. The average Bonchev–Trinajstić information content (AvgIpc) is 2.70. The highest BCUT2D eigenvalue weighted by atomic mass is 35.5. The molecule has 0 saturated heterocycles. The fraction of sp³-hybridized carbons (Fsp3) is 0.364. The Balaban J connectivity index is 1.75. The number of rotatable bonds is 7. The maximum Gasteiger partial charge on any atom is 0.224 e. The molecule has 0 aliphatic carbocycles. The van der Waals surface area contributed by atoms with Crippen molar-refractivity contribution in [2.45, 2.75) is 45.1 Å². The Morgan fingerprint density at radius 3 is 2.79 bits per heavy atom. The van der Waals surface area contributed by atoms with Crippen LogP contribution in [0.4, 0.5) is 5.95 Å². The number of aliphatic imine (C=N–C) groups is 1. The Morgan fingerprint density at radius 1 is 1.34 bits per heavy atom. The molecule has 2 unspecified atom stereocenters. The van der Waals surface area contributed by atoms with Gasteiger partial charge in [0.15, 0.2) is 0 Å². The van der Waals surface area contributed by atoms with Crippen LogP contribution in [0.3, 0.4) is 0 Å². The molecule has 3 rings (SSSR count). The number of carbonyl (C=O) groups excluding carboxylic acids is 1. The van der Waals surface area contributed by atoms with Crippen LogP contribution in [0.15, 0.2) is 47.6 Å². The Hall–Kier alpha value is -2.73. The number of nitrogens with one attached hydrogen (secondary N) is 1. The number of nitrogens with two attached hydrogens (primary N) is 1. The number of amides is 1. The smallest absolute Gasteiger partial charge is 0.224 e. The van der Waals surface area contributed by atoms with E-state index >= 15 is 0 Å². The summed E-state index contributed by atoms with van der Waals surface area (Å²) in [5.41, 5.74) is 8.92. The fourth-order valence-electron chi connectivity index (χ4n) is 3.26. The third-order valence-corrected chi connectivity index (χ3v) is 5.46. The standard InChI is InChI=1S/C22H26ClN5O/c1-14-10-11-22(3,13-26-14)28-21-25-12-18(23)19(27-21)9-8-16-6-4-5-7-17(16)15(2)20(24)29/h4-7,10-12,15H,8-9,13H2,1-3H3,(H2,24,29)(H,25,27,28). The van der Waals surface area contributed by atoms with E-state index in [0.29, 0.717) is 30.4 Å². The molecule has 7 heteroatoms. The van der Waals surface area contributed by atoms with Crippen LogP contribution < -0.4 is 11.1 Å². The highest BCUT2D eigenvalue weighted by molar-refractivity contribution is 6.31. The predicted molar refractivity (Wildman–Crippen MR) is 118 cm³/mol. The van der Waals surface area contributed by atoms with Crippen LogP contribution >= 0.6 is 11.6 Å². The zero-order valence-corrected chi connectivity index (χ0v) is 17.7. The summed E-state index contributed by atoms with van der Waals surface area (Å²) < 4.78 is 0. The maximum absolute atomic E-state index is 11.6. The molecule has 1 aromatic heterocycles. The van der Waals surface area contributed by atoms with Crippen LogP contribution in [0.2, 0.25) is 5.02 Å². The molecular formula is C22H26ClN5O. The summed E-state index contributed by atoms with van der Waals surface area (Å²) in [5.74, 6) is -0.160. The molecule has 6 nitrogen and oxygen atoms in total. The largest absolute Gasteiger partial charge is 0.369 e. The molecule has 29 heavy (non-hydrogen) atoms. The SMILES string of the molecule is CC1=NCC(C)(Nc2ncc(Cl)c(CCc3ccccc3C(C)C(N)=O)n2)C=C1. The number of hydrogen-bond donors (Lipinski definition) is 2. The normalized spacial score (nSPS) is 19.5. The molecule has 1 aliphatic heterocycles. The van der Waals surface area contributed by atoms with Crippen LogP contribution in [-0.2, 0) is 17.6 Å². The van der Waals surface area contributed by atoms with E-state index in [0.717, 1.165) is 22.5 Å². The van der Waals surface area contributed by atoms with Crippen molar-refractivity contribution in [3.8, 4) is 0 Å². The molecule has 0 bridgehead atoms. The zero-order chi connectivity index (χ0) is 21.0. The predicted octanol–water partition coefficient (Wildman–Crippen LogP) is 3.71. The van der Waals surface area contributed by atoms with Gasteiger partial charge < -0.3 is 11.1 Å². The number of anilines is 1. The summed E-state index contributed by atoms with van der Waals surface area (Å²) in [6.07, 6.45) is 7.01. The second kappa shape index (κ2) is 8.74. The summed E-state index contributed by atoms with van der Waals surface area (Å²) in [5, 5.41) is 3.87. The average molecular weight is 412 g/mol. The molecule has 0 spiro atoms. The number of nitrogens with zero attached hydrogens (tertiary/aromatic N) is 3. The van der Waals surface area contributed by atoms with E-state index in [1.165, 1.54) is 0 Å². The van der Waals surface area contributed by atoms with E-state index in [1.807, 2.05) is 44.2 Å². The van der Waals surface area contributed by atoms with Crippen molar-refractivity contribution in [1.29, 1.82) is 0 Å². The fourth-order valence-corrected chi connectivity index (χ4v) is 3.45. The van der Waals surface area contributed by atoms with Gasteiger partial charge in [-0.1, -0.05) is 41.9 Å². The van der Waals surface area contributed by atoms with E-state index in [2.05, 4.69) is 33.3 Å². The second-order valence-electron chi connectivity index (χ2n) is 7.64. The Kier molecular flexibility index (Phi) is 6.33. The van der Waals surface area contributed by atoms with Crippen LogP contribution in [0, 0.1) is 0 Å². The molecule has 2 atom stereocenters. The van der Waals surface area contributed by atoms with Gasteiger partial charge in [0, 0.05) is 5.71 Å². The number of hydrogen-bond acceptors (Lipinski definition) is 5. The summed E-state index contributed by atoms with van der Waals surface area (Å²) >= 11 is 6.35. The number of aryl methyl sites for hydroxylation is 2. The number of aromatic nitrogens is 2. The van der Waals surface area contributed by atoms with E-state index in [9.17, 15) is 4.79 Å². The highest BCUT2D eigenvalue weighted by Crippen LogP contribution is 2.24. The van der Waals surface area contributed by atoms with Crippen LogP contribution in [0.5, 0.6) is 0 Å². The lowest BCUT2D eigenvalue weighted by atomic mass is 9.92. The van der Waals surface area contributed by atoms with Gasteiger partial charge in [-0.2, -0.15) is 0 Å². The molecule has 2 heterocycles. The van der Waals surface area contributed by atoms with Gasteiger partial charge in [-0.15, -0.1) is 0 Å². The van der Waals surface area contributed by atoms with Gasteiger partial charge in [0.2, 0.25) is 11.9 Å². The number of primary amides is 1. The van der Waals surface area contributed by atoms with Crippen molar-refractivity contribution in [3.63, 3.8) is 0 Å². The monoisotopic (exact) mass is 411 g/mol. The number of halogens is 1. The summed E-state index contributed by atoms with van der Waals surface area (Å²) in [7, 11) is 0. The Bertz CT molecular complexity index is 971. The first-order valence-corrected chi connectivity index (χ1v) is 10.0. The molecule has 1 aliphatic rings. The minimum absolute atomic E-state index is 0.337. The molecule has 3 N–H and O–H groups in total. The third kappa shape index (κ3) is 5.21. The molecule has 0 fully saturated rings. The lowest BCUT2D eigenvalue weighted by Crippen LogP contribution is -2.38. The van der Waals surface area contributed by atoms with Gasteiger partial charge in [-0.05, 0) is 50.8 Å². The minimum atomic E-state index is -0.341. The van der Waals surface area contributed by atoms with Crippen LogP contribution in [0.25, 0.3) is 0 Å². The molecular weight excluding hydrogens is 386 g/mol. The number of dihydropyridines is 1. The summed E-state index contributed by atoms with van der Waals surface area (Å²) in [4.78, 5) is 25.1. The molecule has 0 saturated carbocycles. The van der Waals surface area contributed by atoms with Gasteiger partial charge in [-0.25, -0.2) is 9.97 Å². The van der Waals surface area contributed by atoms with Crippen molar-refractivity contribution in [1.82, 2.24) is 9.97 Å². The van der Waals surface area contributed by atoms with Gasteiger partial charge >= 0.3 is 0 Å². The van der Waals surface area contributed by atoms with E-state index in [-0.39, 0.29) is 17.4 Å². The topological polar surface area (TPSA) is 93.3 Å². The van der Waals surface area contributed by atoms with Crippen molar-refractivity contribution < 1.29 is 4.79 Å². The Morgan fingerprint density at radius 2 is 2.10 bits per heavy atom. The minimum Gasteiger partial charge on any atom is -0.369 e. The third-order valence-electron chi connectivity index (χ3n) is 5.14. The summed E-state index contributed by atoms with van der Waals surface area (Å²) in [6, 6.07) is 7.83. The van der Waals surface area contributed by atoms with E-state index < -0.39 is 0 Å². The van der Waals surface area contributed by atoms with Gasteiger partial charge in [0.25, 0.3) is 0 Å². The first-order valence-electron chi connectivity index (χ1n) is 9.64. The van der Waals surface area contributed by atoms with Crippen molar-refractivity contribution in [3.05, 3.63) is 64.5 Å². The van der Waals surface area contributed by atoms with Crippen LogP contribution in [-0.4, -0.2) is 33.7 Å². The number of allylic oxidation sites excluding steroid dienone is 1. The number of carbonyl (C=O) groups is 1. The highest BCUT2D eigenvalue weighted by Gasteiger charge is 2.24. The quantitative estimate of drug-likeness (QED) is 0.726. The second-order valence-corrected chi connectivity index (χ2v) is 8.05. The molecule has 1 amide bonds. The lowest BCUT2D eigenvalue weighted by molar-refractivity contribution is -0.119. The molecule has 1 aromatic carbocycles. The number of benzene rings is 1.